The van der Waals surface area contributed by atoms with Gasteiger partial charge in [-0.15, -0.1) is 0 Å². The van der Waals surface area contributed by atoms with Crippen LogP contribution in [-0.2, 0) is 23.8 Å². The zero-order valence-corrected chi connectivity index (χ0v) is 7.35. The van der Waals surface area contributed by atoms with E-state index in [4.69, 9.17) is 14.2 Å². The van der Waals surface area contributed by atoms with Gasteiger partial charge in [0.15, 0.2) is 12.2 Å². The van der Waals surface area contributed by atoms with Crippen molar-refractivity contribution in [2.45, 2.75) is 38.3 Å². The van der Waals surface area contributed by atoms with E-state index >= 15 is 0 Å². The van der Waals surface area contributed by atoms with Gasteiger partial charge >= 0.3 is 11.9 Å². The monoisotopic (exact) mass is 186 g/mol. The van der Waals surface area contributed by atoms with Crippen LogP contribution < -0.4 is 0 Å². The number of hydrogen-bond acceptors (Lipinski definition) is 5. The Balaban J connectivity index is 2.04. The van der Waals surface area contributed by atoms with Gasteiger partial charge in [-0.25, -0.2) is 4.79 Å². The Labute approximate surface area is 74.9 Å². The molecule has 0 radical (unpaired) electrons. The molecule has 2 aliphatic rings. The number of cyclic esters (lactones) is 1. The molecule has 5 heteroatoms. The molecular formula is C8H10O5. The molecule has 0 N–H and O–H groups in total. The highest BCUT2D eigenvalue weighted by Crippen LogP contribution is 2.35. The third kappa shape index (κ3) is 1.39. The smallest absolute Gasteiger partial charge is 0.338 e. The topological polar surface area (TPSA) is 65.1 Å². The molecule has 4 atom stereocenters. The third-order valence-corrected chi connectivity index (χ3v) is 2.15. The number of esters is 2. The van der Waals surface area contributed by atoms with E-state index in [1.54, 1.807) is 6.92 Å². The fourth-order valence-electron chi connectivity index (χ4n) is 1.50. The largest absolute Gasteiger partial charge is 0.457 e. The van der Waals surface area contributed by atoms with E-state index in [2.05, 4.69) is 0 Å². The second-order valence-corrected chi connectivity index (χ2v) is 3.24. The Morgan fingerprint density at radius 1 is 1.54 bits per heavy atom. The number of ether oxygens (including phenoxy) is 3. The maximum absolute atomic E-state index is 11.0. The average Bonchev–Trinajstić information content (AvgIpc) is 2.76. The van der Waals surface area contributed by atoms with Crippen LogP contribution in [-0.4, -0.2) is 36.4 Å². The highest BCUT2D eigenvalue weighted by Gasteiger charge is 2.59. The van der Waals surface area contributed by atoms with Gasteiger partial charge in [-0.3, -0.25) is 4.79 Å². The summed E-state index contributed by atoms with van der Waals surface area (Å²) in [5.41, 5.74) is 0. The van der Waals surface area contributed by atoms with E-state index in [1.807, 2.05) is 0 Å². The van der Waals surface area contributed by atoms with Gasteiger partial charge in [-0.05, 0) is 6.92 Å². The lowest BCUT2D eigenvalue weighted by Gasteiger charge is -2.24. The summed E-state index contributed by atoms with van der Waals surface area (Å²) in [4.78, 5) is 21.7. The predicted molar refractivity (Wildman–Crippen MR) is 39.8 cm³/mol. The van der Waals surface area contributed by atoms with Crippen molar-refractivity contribution in [1.29, 1.82) is 0 Å². The standard InChI is InChI=1S/C8H10O5/c1-3-5(12-4(2)9)6-7(13-6)8(10)11-3/h3,5-7H,1-2H3/t3-,5-,6-,7-/m0/s1. The van der Waals surface area contributed by atoms with E-state index < -0.39 is 18.3 Å². The Hall–Kier alpha value is -1.10. The number of hydrogen-bond donors (Lipinski definition) is 0. The van der Waals surface area contributed by atoms with Gasteiger partial charge in [0, 0.05) is 6.92 Å². The molecule has 2 aliphatic heterocycles. The molecule has 2 heterocycles. The first-order valence-electron chi connectivity index (χ1n) is 4.13. The summed E-state index contributed by atoms with van der Waals surface area (Å²) in [6.45, 7) is 3.00. The second kappa shape index (κ2) is 2.70. The van der Waals surface area contributed by atoms with E-state index in [1.165, 1.54) is 6.92 Å². The molecule has 0 aromatic rings. The summed E-state index contributed by atoms with van der Waals surface area (Å²) in [7, 11) is 0. The van der Waals surface area contributed by atoms with Gasteiger partial charge in [0.2, 0.25) is 0 Å². The molecule has 0 amide bonds. The summed E-state index contributed by atoms with van der Waals surface area (Å²) in [6, 6.07) is 0. The van der Waals surface area contributed by atoms with Crippen molar-refractivity contribution in [3.8, 4) is 0 Å². The van der Waals surface area contributed by atoms with Crippen molar-refractivity contribution in [1.82, 2.24) is 0 Å². The number of carbonyl (C=O) groups is 2. The second-order valence-electron chi connectivity index (χ2n) is 3.24. The van der Waals surface area contributed by atoms with Gasteiger partial charge in [0.05, 0.1) is 0 Å². The maximum Gasteiger partial charge on any atom is 0.338 e. The van der Waals surface area contributed by atoms with Crippen LogP contribution in [0.5, 0.6) is 0 Å². The van der Waals surface area contributed by atoms with E-state index in [-0.39, 0.29) is 18.0 Å². The van der Waals surface area contributed by atoms with Crippen LogP contribution in [0.1, 0.15) is 13.8 Å². The molecule has 0 bridgehead atoms. The molecule has 0 aromatic carbocycles. The van der Waals surface area contributed by atoms with Crippen LogP contribution in [0.15, 0.2) is 0 Å². The fourth-order valence-corrected chi connectivity index (χ4v) is 1.50. The first-order chi connectivity index (χ1) is 6.09. The molecule has 2 saturated heterocycles. The SMILES string of the molecule is CC(=O)O[C@@H]1[C@@H]2O[C@@H]2C(=O)O[C@H]1C. The Morgan fingerprint density at radius 2 is 2.23 bits per heavy atom. The lowest BCUT2D eigenvalue weighted by atomic mass is 10.1. The lowest BCUT2D eigenvalue weighted by molar-refractivity contribution is -0.170. The molecule has 72 valence electrons. The minimum Gasteiger partial charge on any atom is -0.457 e. The molecule has 0 saturated carbocycles. The molecule has 2 rings (SSSR count). The Morgan fingerprint density at radius 3 is 2.85 bits per heavy atom. The van der Waals surface area contributed by atoms with Crippen molar-refractivity contribution >= 4 is 11.9 Å². The van der Waals surface area contributed by atoms with Crippen LogP contribution in [0.25, 0.3) is 0 Å². The average molecular weight is 186 g/mol. The summed E-state index contributed by atoms with van der Waals surface area (Å²) in [5, 5.41) is 0. The normalized spacial score (nSPS) is 41.8. The zero-order valence-electron chi connectivity index (χ0n) is 7.35. The van der Waals surface area contributed by atoms with Gasteiger partial charge in [0.25, 0.3) is 0 Å². The van der Waals surface area contributed by atoms with Crippen LogP contribution in [0, 0.1) is 0 Å². The summed E-state index contributed by atoms with van der Waals surface area (Å²) in [5.74, 6) is -0.745. The molecule has 5 nitrogen and oxygen atoms in total. The van der Waals surface area contributed by atoms with Crippen LogP contribution in [0.2, 0.25) is 0 Å². The van der Waals surface area contributed by atoms with Crippen LogP contribution >= 0.6 is 0 Å². The maximum atomic E-state index is 11.0. The van der Waals surface area contributed by atoms with Gasteiger partial charge in [-0.2, -0.15) is 0 Å². The number of carbonyl (C=O) groups excluding carboxylic acids is 2. The zero-order chi connectivity index (χ0) is 9.59. The summed E-state index contributed by atoms with van der Waals surface area (Å²) >= 11 is 0. The Kier molecular flexibility index (Phi) is 1.76. The molecule has 0 aliphatic carbocycles. The van der Waals surface area contributed by atoms with Crippen molar-refractivity contribution in [3.05, 3.63) is 0 Å². The van der Waals surface area contributed by atoms with Crippen LogP contribution in [0.4, 0.5) is 0 Å². The van der Waals surface area contributed by atoms with Gasteiger partial charge in [0.1, 0.15) is 12.2 Å². The fraction of sp³-hybridized carbons (Fsp3) is 0.750. The van der Waals surface area contributed by atoms with E-state index in [0.717, 1.165) is 0 Å². The van der Waals surface area contributed by atoms with Gasteiger partial charge in [-0.1, -0.05) is 0 Å². The van der Waals surface area contributed by atoms with Gasteiger partial charge < -0.3 is 14.2 Å². The molecule has 13 heavy (non-hydrogen) atoms. The quantitative estimate of drug-likeness (QED) is 0.413. The lowest BCUT2D eigenvalue weighted by Crippen LogP contribution is -2.43. The van der Waals surface area contributed by atoms with Crippen molar-refractivity contribution < 1.29 is 23.8 Å². The predicted octanol–water partition coefficient (Wildman–Crippen LogP) is -0.369. The summed E-state index contributed by atoms with van der Waals surface area (Å²) in [6.07, 6.45) is -1.67. The molecular weight excluding hydrogens is 176 g/mol. The molecule has 2 fully saturated rings. The number of rotatable bonds is 1. The number of fused-ring (bicyclic) bond motifs is 1. The number of epoxide rings is 1. The van der Waals surface area contributed by atoms with Crippen molar-refractivity contribution in [2.75, 3.05) is 0 Å². The first kappa shape index (κ1) is 8.50. The highest BCUT2D eigenvalue weighted by molar-refractivity contribution is 5.80. The van der Waals surface area contributed by atoms with E-state index in [0.29, 0.717) is 0 Å². The van der Waals surface area contributed by atoms with Crippen molar-refractivity contribution in [3.63, 3.8) is 0 Å². The third-order valence-electron chi connectivity index (χ3n) is 2.15. The minimum absolute atomic E-state index is 0.292. The summed E-state index contributed by atoms with van der Waals surface area (Å²) < 4.78 is 14.9. The Bertz CT molecular complexity index is 259. The molecule has 0 aromatic heterocycles. The molecule has 0 unspecified atom stereocenters. The van der Waals surface area contributed by atoms with E-state index in [9.17, 15) is 9.59 Å². The molecule has 0 spiro atoms. The highest BCUT2D eigenvalue weighted by atomic mass is 16.7. The van der Waals surface area contributed by atoms with Crippen LogP contribution in [0.3, 0.4) is 0 Å². The first-order valence-corrected chi connectivity index (χ1v) is 4.13. The minimum atomic E-state index is -0.513. The van der Waals surface area contributed by atoms with Crippen molar-refractivity contribution in [2.24, 2.45) is 0 Å².